The van der Waals surface area contributed by atoms with Crippen molar-refractivity contribution >= 4 is 34.9 Å². The van der Waals surface area contributed by atoms with Gasteiger partial charge in [-0.25, -0.2) is 9.78 Å². The number of carbonyl (C=O) groups is 1. The predicted octanol–water partition coefficient (Wildman–Crippen LogP) is 5.39. The molecule has 0 amide bonds. The molecule has 0 spiro atoms. The first kappa shape index (κ1) is 21.5. The molecule has 154 valence electrons. The van der Waals surface area contributed by atoms with E-state index in [2.05, 4.69) is 21.5 Å². The van der Waals surface area contributed by atoms with Gasteiger partial charge in [-0.3, -0.25) is 0 Å². The van der Waals surface area contributed by atoms with Crippen LogP contribution in [0.5, 0.6) is 5.75 Å². The van der Waals surface area contributed by atoms with E-state index in [4.69, 9.17) is 9.84 Å². The molecular formula is C20H13F3N2O3S2. The summed E-state index contributed by atoms with van der Waals surface area (Å²) in [6, 6.07) is 9.22. The summed E-state index contributed by atoms with van der Waals surface area (Å²) < 4.78 is 46.5. The Kier molecular flexibility index (Phi) is 6.54. The van der Waals surface area contributed by atoms with E-state index in [0.29, 0.717) is 21.5 Å². The van der Waals surface area contributed by atoms with E-state index in [1.54, 1.807) is 11.4 Å². The van der Waals surface area contributed by atoms with E-state index >= 15 is 0 Å². The van der Waals surface area contributed by atoms with Gasteiger partial charge < -0.3 is 14.6 Å². The van der Waals surface area contributed by atoms with Gasteiger partial charge in [0.1, 0.15) is 10.8 Å². The molecule has 0 radical (unpaired) electrons. The number of carboxylic acid groups (broad SMARTS) is 1. The number of methoxy groups -OCH3 is 1. The van der Waals surface area contributed by atoms with Crippen LogP contribution in [-0.2, 0) is 6.18 Å². The van der Waals surface area contributed by atoms with E-state index in [1.807, 2.05) is 0 Å². The second-order valence-electron chi connectivity index (χ2n) is 5.74. The molecule has 1 aromatic heterocycles. The highest BCUT2D eigenvalue weighted by Gasteiger charge is 2.30. The summed E-state index contributed by atoms with van der Waals surface area (Å²) in [6.07, 6.45) is -4.42. The number of nitrogens with one attached hydrogen (secondary N) is 1. The van der Waals surface area contributed by atoms with Crippen LogP contribution in [0.4, 0.5) is 18.9 Å². The van der Waals surface area contributed by atoms with Crippen molar-refractivity contribution in [3.8, 4) is 17.6 Å². The third-order valence-electron chi connectivity index (χ3n) is 3.70. The molecule has 2 aromatic carbocycles. The molecule has 10 heteroatoms. The summed E-state index contributed by atoms with van der Waals surface area (Å²) in [4.78, 5) is 15.3. The molecule has 0 fully saturated rings. The normalized spacial score (nSPS) is 10.8. The maximum atomic E-state index is 12.8. The summed E-state index contributed by atoms with van der Waals surface area (Å²) in [6.45, 7) is 0. The lowest BCUT2D eigenvalue weighted by Crippen LogP contribution is -2.04. The second kappa shape index (κ2) is 9.11. The molecule has 0 unspecified atom stereocenters. The Hall–Kier alpha value is -3.16. The van der Waals surface area contributed by atoms with Crippen LogP contribution >= 0.6 is 23.3 Å². The smallest absolute Gasteiger partial charge is 0.416 e. The van der Waals surface area contributed by atoms with Crippen LogP contribution in [0.1, 0.15) is 26.5 Å². The second-order valence-corrected chi connectivity index (χ2v) is 7.43. The highest BCUT2D eigenvalue weighted by Crippen LogP contribution is 2.31. The van der Waals surface area contributed by atoms with Gasteiger partial charge in [-0.15, -0.1) is 11.3 Å². The number of alkyl halides is 3. The van der Waals surface area contributed by atoms with Crippen LogP contribution in [0.3, 0.4) is 0 Å². The first-order valence-corrected chi connectivity index (χ1v) is 9.95. The Balaban J connectivity index is 1.69. The van der Waals surface area contributed by atoms with Gasteiger partial charge in [0.2, 0.25) is 0 Å². The number of thiazole rings is 1. The molecule has 30 heavy (non-hydrogen) atoms. The Morgan fingerprint density at radius 1 is 1.23 bits per heavy atom. The standard InChI is InChI=1S/C20H13F3N2O3S2/c1-28-16-10-13(19(26)27)6-7-15(16)25-30-18-11-29-17(24-18)8-5-12-3-2-4-14(9-12)20(21,22)23/h2-4,6-7,9-11,25H,1H3,(H,26,27). The number of anilines is 1. The third-order valence-corrected chi connectivity index (χ3v) is 5.35. The largest absolute Gasteiger partial charge is 0.495 e. The summed E-state index contributed by atoms with van der Waals surface area (Å²) in [5.41, 5.74) is 0.160. The van der Waals surface area contributed by atoms with Crippen LogP contribution in [0.25, 0.3) is 0 Å². The SMILES string of the molecule is COc1cc(C(=O)O)ccc1NSc1csc(C#Cc2cccc(C(F)(F)F)c2)n1. The van der Waals surface area contributed by atoms with Crippen molar-refractivity contribution in [2.45, 2.75) is 11.2 Å². The lowest BCUT2D eigenvalue weighted by atomic mass is 10.1. The maximum absolute atomic E-state index is 12.8. The number of rotatable bonds is 5. The van der Waals surface area contributed by atoms with Crippen LogP contribution in [0, 0.1) is 11.8 Å². The topological polar surface area (TPSA) is 71.5 Å². The summed E-state index contributed by atoms with van der Waals surface area (Å²) in [5, 5.41) is 11.8. The number of aromatic carboxylic acids is 1. The minimum Gasteiger partial charge on any atom is -0.495 e. The van der Waals surface area contributed by atoms with Crippen molar-refractivity contribution in [3.05, 3.63) is 69.5 Å². The number of hydrogen-bond donors (Lipinski definition) is 2. The van der Waals surface area contributed by atoms with Crippen LogP contribution in [0.2, 0.25) is 0 Å². The van der Waals surface area contributed by atoms with E-state index in [-0.39, 0.29) is 11.1 Å². The Labute approximate surface area is 178 Å². The zero-order valence-corrected chi connectivity index (χ0v) is 16.9. The molecule has 0 aliphatic carbocycles. The molecule has 2 N–H and O–H groups in total. The molecule has 0 aliphatic heterocycles. The molecule has 0 bridgehead atoms. The summed E-state index contributed by atoms with van der Waals surface area (Å²) in [5.74, 6) is 4.75. The van der Waals surface area contributed by atoms with Crippen molar-refractivity contribution in [1.82, 2.24) is 4.98 Å². The molecule has 0 saturated heterocycles. The molecule has 5 nitrogen and oxygen atoms in total. The van der Waals surface area contributed by atoms with Gasteiger partial charge in [-0.1, -0.05) is 12.0 Å². The van der Waals surface area contributed by atoms with Gasteiger partial charge >= 0.3 is 12.1 Å². The first-order valence-electron chi connectivity index (χ1n) is 8.25. The monoisotopic (exact) mass is 450 g/mol. The van der Waals surface area contributed by atoms with Gasteiger partial charge in [0, 0.05) is 22.9 Å². The number of aromatic nitrogens is 1. The van der Waals surface area contributed by atoms with E-state index in [1.165, 1.54) is 54.7 Å². The molecule has 3 rings (SSSR count). The van der Waals surface area contributed by atoms with Crippen molar-refractivity contribution in [2.75, 3.05) is 11.8 Å². The molecular weight excluding hydrogens is 437 g/mol. The van der Waals surface area contributed by atoms with Gasteiger partial charge in [0.25, 0.3) is 0 Å². The Morgan fingerprint density at radius 2 is 2.03 bits per heavy atom. The quantitative estimate of drug-likeness (QED) is 0.401. The van der Waals surface area contributed by atoms with E-state index < -0.39 is 17.7 Å². The van der Waals surface area contributed by atoms with Crippen LogP contribution in [-0.4, -0.2) is 23.2 Å². The van der Waals surface area contributed by atoms with Gasteiger partial charge in [-0.05, 0) is 42.3 Å². The predicted molar refractivity (Wildman–Crippen MR) is 109 cm³/mol. The number of ether oxygens (including phenoxy) is 1. The fourth-order valence-corrected chi connectivity index (χ4v) is 3.72. The van der Waals surface area contributed by atoms with Crippen LogP contribution < -0.4 is 9.46 Å². The number of carboxylic acids is 1. The highest BCUT2D eigenvalue weighted by atomic mass is 32.2. The lowest BCUT2D eigenvalue weighted by molar-refractivity contribution is -0.137. The molecule has 1 heterocycles. The number of benzene rings is 2. The fourth-order valence-electron chi connectivity index (χ4n) is 2.28. The molecule has 0 aliphatic rings. The van der Waals surface area contributed by atoms with Crippen LogP contribution in [0.15, 0.2) is 52.9 Å². The zero-order valence-electron chi connectivity index (χ0n) is 15.3. The lowest BCUT2D eigenvalue weighted by Gasteiger charge is -2.10. The molecule has 3 aromatic rings. The van der Waals surface area contributed by atoms with Crippen molar-refractivity contribution in [3.63, 3.8) is 0 Å². The van der Waals surface area contributed by atoms with Gasteiger partial charge in [0.05, 0.1) is 23.9 Å². The average molecular weight is 450 g/mol. The number of halogens is 3. The minimum atomic E-state index is -4.42. The fraction of sp³-hybridized carbons (Fsp3) is 0.100. The minimum absolute atomic E-state index is 0.100. The third kappa shape index (κ3) is 5.46. The zero-order chi connectivity index (χ0) is 21.7. The molecule has 0 atom stereocenters. The Morgan fingerprint density at radius 3 is 2.73 bits per heavy atom. The highest BCUT2D eigenvalue weighted by molar-refractivity contribution is 8.00. The first-order chi connectivity index (χ1) is 14.3. The van der Waals surface area contributed by atoms with E-state index in [0.717, 1.165) is 12.1 Å². The van der Waals surface area contributed by atoms with Crippen molar-refractivity contribution in [2.24, 2.45) is 0 Å². The Bertz CT molecular complexity index is 1130. The average Bonchev–Trinajstić information content (AvgIpc) is 3.18. The van der Waals surface area contributed by atoms with E-state index in [9.17, 15) is 18.0 Å². The maximum Gasteiger partial charge on any atom is 0.416 e. The van der Waals surface area contributed by atoms with Gasteiger partial charge in [0.15, 0.2) is 5.01 Å². The molecule has 0 saturated carbocycles. The number of hydrogen-bond acceptors (Lipinski definition) is 6. The number of nitrogens with zero attached hydrogens (tertiary/aromatic N) is 1. The summed E-state index contributed by atoms with van der Waals surface area (Å²) in [7, 11) is 1.43. The van der Waals surface area contributed by atoms with Gasteiger partial charge in [-0.2, -0.15) is 13.2 Å². The summed E-state index contributed by atoms with van der Waals surface area (Å²) >= 11 is 2.42. The van der Waals surface area contributed by atoms with Crippen molar-refractivity contribution < 1.29 is 27.8 Å². The van der Waals surface area contributed by atoms with Crippen molar-refractivity contribution in [1.29, 1.82) is 0 Å².